The molecule has 1 atom stereocenters. The molecule has 16 heavy (non-hydrogen) atoms. The molecule has 0 radical (unpaired) electrons. The zero-order valence-electron chi connectivity index (χ0n) is 9.79. The Balaban J connectivity index is 1.86. The summed E-state index contributed by atoms with van der Waals surface area (Å²) in [6.07, 6.45) is 2.27. The minimum Gasteiger partial charge on any atom is -0.463 e. The lowest BCUT2D eigenvalue weighted by Gasteiger charge is -2.34. The van der Waals surface area contributed by atoms with Gasteiger partial charge in [0, 0.05) is 12.1 Å². The molecule has 0 aromatic carbocycles. The van der Waals surface area contributed by atoms with Crippen LogP contribution in [0.3, 0.4) is 0 Å². The van der Waals surface area contributed by atoms with E-state index in [2.05, 4.69) is 12.2 Å². The zero-order valence-corrected chi connectivity index (χ0v) is 9.79. The maximum Gasteiger partial charge on any atom is 0.118 e. The van der Waals surface area contributed by atoms with Crippen molar-refractivity contribution in [2.45, 2.75) is 38.4 Å². The fraction of sp³-hybridized carbons (Fsp3) is 0.667. The van der Waals surface area contributed by atoms with Crippen molar-refractivity contribution in [3.8, 4) is 0 Å². The first-order valence-corrected chi connectivity index (χ1v) is 5.82. The SMILES string of the molecule is CC1(NCc2ccc(CN)o2)CCCOC1. The average Bonchev–Trinajstić information content (AvgIpc) is 2.75. The molecule has 1 fully saturated rings. The van der Waals surface area contributed by atoms with Crippen LogP contribution in [-0.2, 0) is 17.8 Å². The van der Waals surface area contributed by atoms with E-state index in [1.807, 2.05) is 12.1 Å². The van der Waals surface area contributed by atoms with Crippen molar-refractivity contribution < 1.29 is 9.15 Å². The first-order valence-electron chi connectivity index (χ1n) is 5.82. The van der Waals surface area contributed by atoms with Gasteiger partial charge in [0.1, 0.15) is 11.5 Å². The number of nitrogens with one attached hydrogen (secondary N) is 1. The van der Waals surface area contributed by atoms with E-state index in [0.29, 0.717) is 6.54 Å². The maximum atomic E-state index is 5.54. The predicted octanol–water partition coefficient (Wildman–Crippen LogP) is 1.40. The van der Waals surface area contributed by atoms with Gasteiger partial charge in [-0.1, -0.05) is 0 Å². The summed E-state index contributed by atoms with van der Waals surface area (Å²) in [5.74, 6) is 1.77. The van der Waals surface area contributed by atoms with Crippen LogP contribution < -0.4 is 11.1 Å². The van der Waals surface area contributed by atoms with Crippen LogP contribution in [0.1, 0.15) is 31.3 Å². The number of hydrogen-bond donors (Lipinski definition) is 2. The van der Waals surface area contributed by atoms with Gasteiger partial charge in [-0.25, -0.2) is 0 Å². The highest BCUT2D eigenvalue weighted by atomic mass is 16.5. The minimum absolute atomic E-state index is 0.0773. The molecule has 1 saturated heterocycles. The number of ether oxygens (including phenoxy) is 1. The van der Waals surface area contributed by atoms with Crippen molar-refractivity contribution in [2.75, 3.05) is 13.2 Å². The van der Waals surface area contributed by atoms with E-state index in [1.54, 1.807) is 0 Å². The van der Waals surface area contributed by atoms with E-state index in [1.165, 1.54) is 0 Å². The molecule has 3 N–H and O–H groups in total. The standard InChI is InChI=1S/C12H20N2O2/c1-12(5-2-6-15-9-12)14-8-11-4-3-10(7-13)16-11/h3-4,14H,2,5-9,13H2,1H3. The first-order chi connectivity index (χ1) is 7.72. The first kappa shape index (κ1) is 11.6. The number of furan rings is 1. The summed E-state index contributed by atoms with van der Waals surface area (Å²) in [6.45, 7) is 5.05. The van der Waals surface area contributed by atoms with E-state index in [-0.39, 0.29) is 5.54 Å². The Kier molecular flexibility index (Phi) is 3.63. The molecule has 1 aromatic heterocycles. The molecule has 0 aliphatic carbocycles. The van der Waals surface area contributed by atoms with Crippen molar-refractivity contribution in [3.05, 3.63) is 23.7 Å². The van der Waals surface area contributed by atoms with Crippen LogP contribution in [0.2, 0.25) is 0 Å². The van der Waals surface area contributed by atoms with Crippen LogP contribution in [0, 0.1) is 0 Å². The van der Waals surface area contributed by atoms with Gasteiger partial charge in [0.15, 0.2) is 0 Å². The molecule has 0 saturated carbocycles. The van der Waals surface area contributed by atoms with E-state index < -0.39 is 0 Å². The third-order valence-corrected chi connectivity index (χ3v) is 3.05. The van der Waals surface area contributed by atoms with Crippen LogP contribution in [0.5, 0.6) is 0 Å². The summed E-state index contributed by atoms with van der Waals surface area (Å²) < 4.78 is 11.0. The molecule has 0 bridgehead atoms. The topological polar surface area (TPSA) is 60.4 Å². The van der Waals surface area contributed by atoms with Gasteiger partial charge in [-0.2, -0.15) is 0 Å². The summed E-state index contributed by atoms with van der Waals surface area (Å²) >= 11 is 0. The molecule has 0 amide bonds. The van der Waals surface area contributed by atoms with Gasteiger partial charge in [-0.3, -0.25) is 0 Å². The molecular weight excluding hydrogens is 204 g/mol. The predicted molar refractivity (Wildman–Crippen MR) is 61.9 cm³/mol. The van der Waals surface area contributed by atoms with Gasteiger partial charge in [0.05, 0.1) is 19.7 Å². The molecule has 4 heteroatoms. The Bertz CT molecular complexity index is 330. The van der Waals surface area contributed by atoms with Crippen molar-refractivity contribution in [1.29, 1.82) is 0 Å². The van der Waals surface area contributed by atoms with Gasteiger partial charge in [-0.05, 0) is 31.9 Å². The zero-order chi connectivity index (χ0) is 11.4. The van der Waals surface area contributed by atoms with E-state index in [0.717, 1.165) is 44.1 Å². The third-order valence-electron chi connectivity index (χ3n) is 3.05. The molecule has 1 aliphatic rings. The fourth-order valence-electron chi connectivity index (χ4n) is 2.00. The monoisotopic (exact) mass is 224 g/mol. The van der Waals surface area contributed by atoms with Crippen LogP contribution >= 0.6 is 0 Å². The number of rotatable bonds is 4. The Morgan fingerprint density at radius 1 is 1.44 bits per heavy atom. The molecule has 2 heterocycles. The Morgan fingerprint density at radius 2 is 2.25 bits per heavy atom. The highest BCUT2D eigenvalue weighted by molar-refractivity contribution is 5.07. The second-order valence-corrected chi connectivity index (χ2v) is 4.64. The average molecular weight is 224 g/mol. The summed E-state index contributed by atoms with van der Waals surface area (Å²) in [5, 5.41) is 3.49. The highest BCUT2D eigenvalue weighted by Gasteiger charge is 2.26. The molecule has 0 spiro atoms. The lowest BCUT2D eigenvalue weighted by Crippen LogP contribution is -2.48. The quantitative estimate of drug-likeness (QED) is 0.811. The smallest absolute Gasteiger partial charge is 0.118 e. The number of nitrogens with two attached hydrogens (primary N) is 1. The lowest BCUT2D eigenvalue weighted by molar-refractivity contribution is 0.0270. The van der Waals surface area contributed by atoms with Crippen LogP contribution in [-0.4, -0.2) is 18.8 Å². The van der Waals surface area contributed by atoms with Crippen LogP contribution in [0.15, 0.2) is 16.5 Å². The largest absolute Gasteiger partial charge is 0.463 e. The fourth-order valence-corrected chi connectivity index (χ4v) is 2.00. The van der Waals surface area contributed by atoms with E-state index >= 15 is 0 Å². The van der Waals surface area contributed by atoms with Crippen molar-refractivity contribution in [2.24, 2.45) is 5.73 Å². The van der Waals surface area contributed by atoms with Gasteiger partial charge >= 0.3 is 0 Å². The van der Waals surface area contributed by atoms with E-state index in [9.17, 15) is 0 Å². The second-order valence-electron chi connectivity index (χ2n) is 4.64. The Labute approximate surface area is 96.1 Å². The molecule has 2 rings (SSSR count). The van der Waals surface area contributed by atoms with Gasteiger partial charge in [0.2, 0.25) is 0 Å². The molecular formula is C12H20N2O2. The molecule has 1 aromatic rings. The normalized spacial score (nSPS) is 25.9. The lowest BCUT2D eigenvalue weighted by atomic mass is 9.95. The van der Waals surface area contributed by atoms with Gasteiger partial charge in [-0.15, -0.1) is 0 Å². The van der Waals surface area contributed by atoms with Crippen LogP contribution in [0.4, 0.5) is 0 Å². The molecule has 90 valence electrons. The van der Waals surface area contributed by atoms with Crippen LogP contribution in [0.25, 0.3) is 0 Å². The van der Waals surface area contributed by atoms with Crippen molar-refractivity contribution in [3.63, 3.8) is 0 Å². The highest BCUT2D eigenvalue weighted by Crippen LogP contribution is 2.19. The molecule has 4 nitrogen and oxygen atoms in total. The summed E-state index contributed by atoms with van der Waals surface area (Å²) in [7, 11) is 0. The Hall–Kier alpha value is -0.840. The van der Waals surface area contributed by atoms with Gasteiger partial charge in [0.25, 0.3) is 0 Å². The number of hydrogen-bond acceptors (Lipinski definition) is 4. The molecule has 1 aliphatic heterocycles. The third kappa shape index (κ3) is 2.84. The van der Waals surface area contributed by atoms with Gasteiger partial charge < -0.3 is 20.2 Å². The van der Waals surface area contributed by atoms with E-state index in [4.69, 9.17) is 14.9 Å². The summed E-state index contributed by atoms with van der Waals surface area (Å²) in [5.41, 5.74) is 5.57. The minimum atomic E-state index is 0.0773. The Morgan fingerprint density at radius 3 is 2.88 bits per heavy atom. The maximum absolute atomic E-state index is 5.54. The second kappa shape index (κ2) is 4.99. The summed E-state index contributed by atoms with van der Waals surface area (Å²) in [6, 6.07) is 3.90. The van der Waals surface area contributed by atoms with Crippen molar-refractivity contribution >= 4 is 0 Å². The molecule has 1 unspecified atom stereocenters. The van der Waals surface area contributed by atoms with Crippen molar-refractivity contribution in [1.82, 2.24) is 5.32 Å². The summed E-state index contributed by atoms with van der Waals surface area (Å²) in [4.78, 5) is 0.